The van der Waals surface area contributed by atoms with Crippen molar-refractivity contribution in [2.45, 2.75) is 201 Å². The molecule has 0 N–H and O–H groups in total. The summed E-state index contributed by atoms with van der Waals surface area (Å²) < 4.78 is 97.4. The van der Waals surface area contributed by atoms with Gasteiger partial charge < -0.3 is 4.90 Å². The fraction of sp³-hybridized carbons (Fsp3) is 0.585. The minimum absolute atomic E-state index is 0.0275. The smallest absolute Gasteiger partial charge is 0.313 e. The van der Waals surface area contributed by atoms with Gasteiger partial charge in [-0.1, -0.05) is 23.2 Å². The van der Waals surface area contributed by atoms with Crippen LogP contribution in [0.3, 0.4) is 0 Å². The van der Waals surface area contributed by atoms with Crippen LogP contribution in [0, 0.1) is 20.8 Å². The first-order chi connectivity index (χ1) is 63.9. The maximum Gasteiger partial charge on any atom is 0.450 e. The number of carbonyl (C=O) groups is 4. The topological polar surface area (TPSA) is 483 Å². The Morgan fingerprint density at radius 2 is 0.927 bits per heavy atom. The van der Waals surface area contributed by atoms with Crippen molar-refractivity contribution in [3.05, 3.63) is 231 Å². The zero-order valence-corrected chi connectivity index (χ0v) is 82.4. The molecule has 1 saturated heterocycles. The van der Waals surface area contributed by atoms with Crippen molar-refractivity contribution < 1.29 is 45.5 Å². The first-order valence-corrected chi connectivity index (χ1v) is 44.7. The molecule has 16 heterocycles. The molecule has 1 fully saturated rings. The molecule has 5 amide bonds. The minimum Gasteiger partial charge on any atom is -0.313 e. The van der Waals surface area contributed by atoms with Gasteiger partial charge in [0.05, 0.1) is 22.1 Å². The largest absolute Gasteiger partial charge is 0.450 e. The normalized spacial score (nSPS) is 15.0. The van der Waals surface area contributed by atoms with Gasteiger partial charge in [0.25, 0.3) is 28.5 Å². The molecule has 0 bridgehead atoms. The number of halogens is 8. The van der Waals surface area contributed by atoms with Crippen LogP contribution in [0.4, 0.5) is 31.1 Å². The van der Waals surface area contributed by atoms with Crippen LogP contribution in [0.1, 0.15) is 149 Å². The number of fused-ring (bicyclic) bond motifs is 5. The lowest BCUT2D eigenvalue weighted by atomic mass is 9.93. The minimum atomic E-state index is -4.80. The summed E-state index contributed by atoms with van der Waals surface area (Å²) in [5, 5.41) is 21.5. The number of carbonyl (C=O) groups excluding carboxylic acids is 4. The third kappa shape index (κ3) is 26.7. The zero-order valence-electron chi connectivity index (χ0n) is 80.1. The van der Waals surface area contributed by atoms with Crippen molar-refractivity contribution in [3.63, 3.8) is 0 Å². The molecule has 0 aromatic carbocycles. The van der Waals surface area contributed by atoms with E-state index in [4.69, 9.17) is 23.2 Å². The van der Waals surface area contributed by atoms with Crippen LogP contribution in [-0.2, 0) is 183 Å². The van der Waals surface area contributed by atoms with Crippen LogP contribution in [0.5, 0.6) is 0 Å². The first-order valence-electron chi connectivity index (χ1n) is 43.2. The number of aromatic nitrogens is 25. The van der Waals surface area contributed by atoms with E-state index in [0.29, 0.717) is 32.9 Å². The lowest BCUT2D eigenvalue weighted by molar-refractivity contribution is -0.148. The second kappa shape index (κ2) is 47.5. The highest BCUT2D eigenvalue weighted by molar-refractivity contribution is 7.06. The van der Waals surface area contributed by atoms with E-state index >= 15 is 0 Å². The zero-order chi connectivity index (χ0) is 103. The van der Waals surface area contributed by atoms with E-state index in [9.17, 15) is 108 Å². The molecule has 0 spiro atoms. The molecule has 6 aliphatic heterocycles. The third-order valence-electron chi connectivity index (χ3n) is 22.9. The number of rotatable bonds is 1. The van der Waals surface area contributed by atoms with Crippen LogP contribution in [0.25, 0.3) is 0 Å². The van der Waals surface area contributed by atoms with Gasteiger partial charge in [-0.15, -0.1) is 0 Å². The summed E-state index contributed by atoms with van der Waals surface area (Å²) in [6, 6.07) is 1.86. The molecule has 55 heteroatoms. The summed E-state index contributed by atoms with van der Waals surface area (Å²) in [4.78, 5) is 201. The number of amides is 5. The van der Waals surface area contributed by atoms with Crippen molar-refractivity contribution in [2.75, 3.05) is 27.7 Å². The molecule has 8 aliphatic rings. The summed E-state index contributed by atoms with van der Waals surface area (Å²) in [7, 11) is 23.6. The lowest BCUT2D eigenvalue weighted by Gasteiger charge is -2.18. The molecule has 752 valence electrons. The Bertz CT molecular complexity index is 6910. The second-order valence-electron chi connectivity index (χ2n) is 32.7. The van der Waals surface area contributed by atoms with Crippen molar-refractivity contribution in [3.8, 4) is 0 Å². The second-order valence-corrected chi connectivity index (χ2v) is 34.4. The van der Waals surface area contributed by atoms with Crippen LogP contribution in [0.2, 0.25) is 10.2 Å². The molecule has 46 nitrogen and oxygen atoms in total. The number of hydrogen-bond donors (Lipinski definition) is 0. The maximum atomic E-state index is 12.2. The molecule has 0 unspecified atom stereocenters. The van der Waals surface area contributed by atoms with E-state index < -0.39 is 52.2 Å². The van der Waals surface area contributed by atoms with E-state index in [1.54, 1.807) is 76.3 Å². The maximum absolute atomic E-state index is 12.2. The Morgan fingerprint density at radius 1 is 0.431 bits per heavy atom. The van der Waals surface area contributed by atoms with Gasteiger partial charge in [0, 0.05) is 199 Å². The van der Waals surface area contributed by atoms with E-state index in [2.05, 4.69) is 35.5 Å². The number of alkyl halides is 6. The van der Waals surface area contributed by atoms with Crippen molar-refractivity contribution in [1.82, 2.24) is 133 Å². The van der Waals surface area contributed by atoms with Gasteiger partial charge in [0.2, 0.25) is 16.5 Å². The third-order valence-corrected chi connectivity index (χ3v) is 24.9. The van der Waals surface area contributed by atoms with Gasteiger partial charge in [-0.3, -0.25) is 98.9 Å². The lowest BCUT2D eigenvalue weighted by Crippen LogP contribution is -2.42. The van der Waals surface area contributed by atoms with Gasteiger partial charge in [0.15, 0.2) is 0 Å². The summed E-state index contributed by atoms with van der Waals surface area (Å²) >= 11 is 13.1. The molecular formula is C82H115Cl2F6N29O17S. The van der Waals surface area contributed by atoms with Gasteiger partial charge in [-0.05, 0) is 149 Å². The van der Waals surface area contributed by atoms with Gasteiger partial charge in [-0.2, -0.15) is 56.8 Å². The number of imide groups is 2. The summed E-state index contributed by atoms with van der Waals surface area (Å²) in [6.07, 6.45) is 9.33. The quantitative estimate of drug-likeness (QED) is 0.125. The van der Waals surface area contributed by atoms with Crippen molar-refractivity contribution >= 4 is 58.3 Å². The standard InChI is InChI=1S/C9H11NO2.C8H11ClN2.C8H10N2O2.C7H7F3N2O2.C7H11N3O2.C7H11N3OS.C7H11N3O.C7H12N2O2.C6H9ClN2.C6H6F3N3O2.C5H7N3O2.C5H9N3O/c1-10-8(11)6-4-2-3-5-7(6)9(10)12;1-11-8(9)6-4-2-3-5-7(6)10-11;1-9-7(11)5-6-3-2-4-10(6)8(9)12;1-11-4(7(8,9)10)3-5(13)12(2)6(11)14;1-8-6(11)9-4-2-3-5-10(9)7(8)12;1-8-6-9-4-2-3-5-10(9)7(11)12-6;1-9-7(11)10-5-3-2-4-6(10)8-9;1-5(2)9-4-6(10)8(3)7(9)11;1-4-6(7)5(2)9(3)8-4;1-11-3(6(7,8)9)10-4(13)12(2)5(11)14;1-7-4(9)3-6-8(2)5(7)10;1-4-6-8(3)5(9)7(4)2/h2-5H2,1H3;2-5H2,1H3;5H,2-4H2,1H3;3H,1-2H3;2*2-5H2,1H3;2-5H2,1H3;5H,4H2,1-3H3;1-3H3;1-2H3;3H,1-2H3;1-3H3. The Hall–Kier alpha value is -13.2. The van der Waals surface area contributed by atoms with E-state index in [1.807, 2.05) is 46.5 Å². The number of likely N-dealkylation sites (N-methyl/N-ethyl adjacent to an activating group) is 2. The highest BCUT2D eigenvalue weighted by Crippen LogP contribution is 2.33. The van der Waals surface area contributed by atoms with Crippen LogP contribution in [0.15, 0.2) is 96.8 Å². The predicted molar refractivity (Wildman–Crippen MR) is 491 cm³/mol. The van der Waals surface area contributed by atoms with E-state index in [0.717, 1.165) is 235 Å². The predicted octanol–water partition coefficient (Wildman–Crippen LogP) is 0.883. The molecule has 2 aliphatic carbocycles. The molecule has 137 heavy (non-hydrogen) atoms. The van der Waals surface area contributed by atoms with E-state index in [1.165, 1.54) is 98.9 Å². The SMILES string of the molecule is CC(C)N1CC(=O)N(C)C1=O.CN1C(=O)C2=C(CCCC2)C1=O.CN=c1sc(=O)n2n1CCCC2.Cc1nn(C)c(=O)n1C.Cc1nn(C)c(C)c1Cl.Cn1c(=O)cc2n(c1=O)CCC2.Cn1c(=O)n2n(c1=O)CCCC2.Cn1c(C(F)(F)F)cc(=O)n(C)c1=O.Cn1c(C(F)(F)F)nc(=O)n(C)c1=O.Cn1nc2c(c1Cl)CCCC2.Cn1nc2n(c1=O)CCCC2.Cn1ncc(=O)n(C)c1=O. The van der Waals surface area contributed by atoms with Crippen LogP contribution >= 0.6 is 34.5 Å². The molecule has 10 aromatic rings. The average Bonchev–Trinajstić information content (AvgIpc) is 1.39. The van der Waals surface area contributed by atoms with Gasteiger partial charge in [0.1, 0.15) is 35.2 Å². The van der Waals surface area contributed by atoms with Crippen molar-refractivity contribution in [1.29, 1.82) is 0 Å². The average molecular weight is 2000 g/mol. The molecule has 0 atom stereocenters. The van der Waals surface area contributed by atoms with Gasteiger partial charge >= 0.3 is 74.5 Å². The Balaban J connectivity index is 0.000000204. The van der Waals surface area contributed by atoms with Crippen molar-refractivity contribution in [2.24, 2.45) is 96.6 Å². The molecular weight excluding hydrogens is 1880 g/mol. The van der Waals surface area contributed by atoms with Crippen LogP contribution < -0.4 is 77.6 Å². The summed E-state index contributed by atoms with van der Waals surface area (Å²) in [6.45, 7) is 14.4. The van der Waals surface area contributed by atoms with E-state index in [-0.39, 0.29) is 85.3 Å². The summed E-state index contributed by atoms with van der Waals surface area (Å²) in [5.74, 6) is -0.0787. The molecule has 0 radical (unpaired) electrons. The first kappa shape index (κ1) is 111. The fourth-order valence-corrected chi connectivity index (χ4v) is 15.9. The summed E-state index contributed by atoms with van der Waals surface area (Å²) in [5.41, 5.74) is -0.278. The highest BCUT2D eigenvalue weighted by Gasteiger charge is 2.39. The van der Waals surface area contributed by atoms with Gasteiger partial charge in [-0.25, -0.2) is 85.2 Å². The number of hydrogen-bond acceptors (Lipinski definition) is 25. The monoisotopic (exact) mass is 1990 g/mol. The molecule has 18 rings (SSSR count). The van der Waals surface area contributed by atoms with Crippen LogP contribution in [-0.4, -0.2) is 190 Å². The Labute approximate surface area is 789 Å². The Morgan fingerprint density at radius 3 is 1.39 bits per heavy atom. The number of aryl methyl sites for hydroxylation is 10. The highest BCUT2D eigenvalue weighted by atomic mass is 35.5. The molecule has 10 aromatic heterocycles. The number of urea groups is 1. The fourth-order valence-electron chi connectivity index (χ4n) is 14.6. The Kier molecular flexibility index (Phi) is 38.4. The molecule has 0 saturated carbocycles. The number of nitrogens with zero attached hydrogens (tertiary/aromatic N) is 29.